The number of hydrogen-bond donors (Lipinski definition) is 2. The largest absolute Gasteiger partial charge is 0.349 e. The molecule has 3 aromatic carbocycles. The Morgan fingerprint density at radius 1 is 1.00 bits per heavy atom. The number of nitrogens with zero attached hydrogens (tertiary/aromatic N) is 2. The van der Waals surface area contributed by atoms with Crippen molar-refractivity contribution >= 4 is 40.2 Å². The average Bonchev–Trinajstić information content (AvgIpc) is 3.71. The molecule has 0 radical (unpaired) electrons. The molecule has 8 heteroatoms. The highest BCUT2D eigenvalue weighted by Gasteiger charge is 2.23. The zero-order chi connectivity index (χ0) is 25.9. The summed E-state index contributed by atoms with van der Waals surface area (Å²) in [5.41, 5.74) is 4.88. The number of aromatic nitrogens is 2. The van der Waals surface area contributed by atoms with E-state index in [9.17, 15) is 14.4 Å². The van der Waals surface area contributed by atoms with Gasteiger partial charge in [0.2, 0.25) is 5.91 Å². The van der Waals surface area contributed by atoms with E-state index >= 15 is 0 Å². The first-order valence-corrected chi connectivity index (χ1v) is 13.3. The van der Waals surface area contributed by atoms with Crippen molar-refractivity contribution in [3.05, 3.63) is 99.3 Å². The van der Waals surface area contributed by atoms with Gasteiger partial charge in [0.15, 0.2) is 5.16 Å². The van der Waals surface area contributed by atoms with Gasteiger partial charge >= 0.3 is 0 Å². The van der Waals surface area contributed by atoms with Crippen molar-refractivity contribution in [3.8, 4) is 0 Å². The van der Waals surface area contributed by atoms with Crippen molar-refractivity contribution in [1.82, 2.24) is 14.9 Å². The number of para-hydroxylation sites is 1. The van der Waals surface area contributed by atoms with Crippen LogP contribution in [0.15, 0.2) is 76.7 Å². The Balaban J connectivity index is 1.36. The van der Waals surface area contributed by atoms with E-state index in [2.05, 4.69) is 10.6 Å². The molecule has 1 saturated carbocycles. The van der Waals surface area contributed by atoms with E-state index < -0.39 is 0 Å². The van der Waals surface area contributed by atoms with Gasteiger partial charge in [0.1, 0.15) is 0 Å². The van der Waals surface area contributed by atoms with Crippen molar-refractivity contribution in [1.29, 1.82) is 0 Å². The van der Waals surface area contributed by atoms with Gasteiger partial charge in [-0.2, -0.15) is 0 Å². The van der Waals surface area contributed by atoms with Crippen LogP contribution in [-0.4, -0.2) is 33.2 Å². The fourth-order valence-electron chi connectivity index (χ4n) is 3.98. The summed E-state index contributed by atoms with van der Waals surface area (Å²) < 4.78 is 1.59. The van der Waals surface area contributed by atoms with Gasteiger partial charge in [-0.25, -0.2) is 4.98 Å². The third-order valence-electron chi connectivity index (χ3n) is 6.42. The van der Waals surface area contributed by atoms with Crippen LogP contribution < -0.4 is 16.2 Å². The number of carbonyl (C=O) groups is 2. The number of nitrogens with one attached hydrogen (secondary N) is 2. The molecule has 0 bridgehead atoms. The van der Waals surface area contributed by atoms with Crippen molar-refractivity contribution in [2.24, 2.45) is 0 Å². The minimum absolute atomic E-state index is 0.0791. The molecule has 0 unspecified atom stereocenters. The van der Waals surface area contributed by atoms with Crippen molar-refractivity contribution in [3.63, 3.8) is 0 Å². The highest BCUT2D eigenvalue weighted by molar-refractivity contribution is 7.99. The summed E-state index contributed by atoms with van der Waals surface area (Å²) in [5, 5.41) is 6.89. The standard InChI is InChI=1S/C29H28N4O3S/c1-18-7-12-23(15-19(18)2)30-26(34)17-37-29-32-25-6-4-3-5-24(25)28(36)33(29)16-20-8-10-21(11-9-20)27(35)31-22-13-14-22/h3-12,15,22H,13-14,16-17H2,1-2H3,(H,30,34)(H,31,35). The van der Waals surface area contributed by atoms with E-state index in [4.69, 9.17) is 4.98 Å². The molecule has 2 amide bonds. The summed E-state index contributed by atoms with van der Waals surface area (Å²) in [6.45, 7) is 4.31. The molecule has 1 heterocycles. The second kappa shape index (κ2) is 10.6. The molecule has 1 aromatic heterocycles. The van der Waals surface area contributed by atoms with Crippen LogP contribution in [0.1, 0.15) is 39.9 Å². The molecule has 7 nitrogen and oxygen atoms in total. The van der Waals surface area contributed by atoms with Crippen molar-refractivity contribution < 1.29 is 9.59 Å². The number of amides is 2. The summed E-state index contributed by atoms with van der Waals surface area (Å²) in [4.78, 5) is 43.1. The maximum atomic E-state index is 13.4. The molecule has 188 valence electrons. The molecule has 4 aromatic rings. The van der Waals surface area contributed by atoms with Gasteiger partial charge in [-0.3, -0.25) is 19.0 Å². The molecule has 5 rings (SSSR count). The second-order valence-electron chi connectivity index (χ2n) is 9.38. The fourth-order valence-corrected chi connectivity index (χ4v) is 4.78. The highest BCUT2D eigenvalue weighted by Crippen LogP contribution is 2.22. The number of carbonyl (C=O) groups excluding carboxylic acids is 2. The number of hydrogen-bond acceptors (Lipinski definition) is 5. The third-order valence-corrected chi connectivity index (χ3v) is 7.40. The lowest BCUT2D eigenvalue weighted by molar-refractivity contribution is -0.113. The maximum Gasteiger partial charge on any atom is 0.262 e. The Kier molecular flexibility index (Phi) is 7.10. The van der Waals surface area contributed by atoms with Crippen LogP contribution in [0.3, 0.4) is 0 Å². The lowest BCUT2D eigenvalue weighted by Crippen LogP contribution is -2.26. The predicted molar refractivity (Wildman–Crippen MR) is 147 cm³/mol. The molecule has 0 spiro atoms. The SMILES string of the molecule is Cc1ccc(NC(=O)CSc2nc3ccccc3c(=O)n2Cc2ccc(C(=O)NC3CC3)cc2)cc1C. The molecule has 1 aliphatic rings. The Hall–Kier alpha value is -3.91. The molecule has 1 fully saturated rings. The van der Waals surface area contributed by atoms with Crippen molar-refractivity contribution in [2.45, 2.75) is 44.4 Å². The van der Waals surface area contributed by atoms with Crippen LogP contribution in [0.4, 0.5) is 5.69 Å². The third kappa shape index (κ3) is 5.91. The van der Waals surface area contributed by atoms with E-state index in [1.807, 2.05) is 56.3 Å². The minimum Gasteiger partial charge on any atom is -0.349 e. The normalized spacial score (nSPS) is 12.9. The summed E-state index contributed by atoms with van der Waals surface area (Å²) >= 11 is 1.23. The lowest BCUT2D eigenvalue weighted by atomic mass is 10.1. The molecular weight excluding hydrogens is 484 g/mol. The smallest absolute Gasteiger partial charge is 0.262 e. The number of aryl methyl sites for hydroxylation is 2. The first-order chi connectivity index (χ1) is 17.9. The number of benzene rings is 3. The van der Waals surface area contributed by atoms with E-state index in [1.54, 1.807) is 28.8 Å². The van der Waals surface area contributed by atoms with Gasteiger partial charge in [0.05, 0.1) is 23.2 Å². The first kappa shape index (κ1) is 24.8. The number of thioether (sulfide) groups is 1. The van der Waals surface area contributed by atoms with Gasteiger partial charge in [0, 0.05) is 17.3 Å². The lowest BCUT2D eigenvalue weighted by Gasteiger charge is -2.14. The molecule has 2 N–H and O–H groups in total. The average molecular weight is 513 g/mol. The molecular formula is C29H28N4O3S. The molecule has 0 atom stereocenters. The molecule has 1 aliphatic carbocycles. The molecule has 37 heavy (non-hydrogen) atoms. The van der Waals surface area contributed by atoms with Crippen LogP contribution in [0, 0.1) is 13.8 Å². The Bertz CT molecular complexity index is 1540. The first-order valence-electron chi connectivity index (χ1n) is 12.3. The number of anilines is 1. The van der Waals surface area contributed by atoms with Gasteiger partial charge in [-0.1, -0.05) is 42.1 Å². The van der Waals surface area contributed by atoms with Gasteiger partial charge in [0.25, 0.3) is 11.5 Å². The fraction of sp³-hybridized carbons (Fsp3) is 0.241. The van der Waals surface area contributed by atoms with Crippen LogP contribution in [0.5, 0.6) is 0 Å². The van der Waals surface area contributed by atoms with Gasteiger partial charge < -0.3 is 10.6 Å². The Morgan fingerprint density at radius 2 is 1.76 bits per heavy atom. The van der Waals surface area contributed by atoms with Crippen LogP contribution >= 0.6 is 11.8 Å². The van der Waals surface area contributed by atoms with Crippen LogP contribution in [0.2, 0.25) is 0 Å². The summed E-state index contributed by atoms with van der Waals surface area (Å²) in [6.07, 6.45) is 2.07. The number of rotatable bonds is 8. The second-order valence-corrected chi connectivity index (χ2v) is 10.3. The molecule has 0 aliphatic heterocycles. The number of fused-ring (bicyclic) bond motifs is 1. The maximum absolute atomic E-state index is 13.4. The van der Waals surface area contributed by atoms with E-state index in [0.717, 1.165) is 35.2 Å². The zero-order valence-corrected chi connectivity index (χ0v) is 21.6. The zero-order valence-electron chi connectivity index (χ0n) is 20.8. The van der Waals surface area contributed by atoms with Crippen LogP contribution in [0.25, 0.3) is 10.9 Å². The van der Waals surface area contributed by atoms with Gasteiger partial charge in [-0.15, -0.1) is 0 Å². The van der Waals surface area contributed by atoms with Crippen molar-refractivity contribution in [2.75, 3.05) is 11.1 Å². The summed E-state index contributed by atoms with van der Waals surface area (Å²) in [5.74, 6) is -0.143. The monoisotopic (exact) mass is 512 g/mol. The highest BCUT2D eigenvalue weighted by atomic mass is 32.2. The Morgan fingerprint density at radius 3 is 2.49 bits per heavy atom. The van der Waals surface area contributed by atoms with Gasteiger partial charge in [-0.05, 0) is 79.8 Å². The summed E-state index contributed by atoms with van der Waals surface area (Å²) in [6, 6.07) is 20.5. The predicted octanol–water partition coefficient (Wildman–Crippen LogP) is 4.68. The quantitative estimate of drug-likeness (QED) is 0.264. The van der Waals surface area contributed by atoms with Crippen LogP contribution in [-0.2, 0) is 11.3 Å². The minimum atomic E-state index is -0.173. The Labute approximate surface area is 219 Å². The topological polar surface area (TPSA) is 93.1 Å². The summed E-state index contributed by atoms with van der Waals surface area (Å²) in [7, 11) is 0. The molecule has 0 saturated heterocycles. The van der Waals surface area contributed by atoms with E-state index in [1.165, 1.54) is 11.8 Å². The van der Waals surface area contributed by atoms with E-state index in [-0.39, 0.29) is 29.7 Å². The van der Waals surface area contributed by atoms with E-state index in [0.29, 0.717) is 27.7 Å².